The molecule has 0 radical (unpaired) electrons. The second-order valence-electron chi connectivity index (χ2n) is 7.33. The van der Waals surface area contributed by atoms with Gasteiger partial charge in [0.05, 0.1) is 40.6 Å². The van der Waals surface area contributed by atoms with Gasteiger partial charge in [-0.05, 0) is 36.8 Å². The molecule has 168 valence electrons. The smallest absolute Gasteiger partial charge is 0.243 e. The lowest BCUT2D eigenvalue weighted by Crippen LogP contribution is -2.40. The zero-order valence-corrected chi connectivity index (χ0v) is 19.3. The van der Waals surface area contributed by atoms with Gasteiger partial charge < -0.3 is 10.1 Å². The topological polar surface area (TPSA) is 101 Å². The molecular weight excluding hydrogens is 448 g/mol. The van der Waals surface area contributed by atoms with Gasteiger partial charge in [0.25, 0.3) is 0 Å². The first-order chi connectivity index (χ1) is 15.4. The molecule has 0 atom stereocenters. The zero-order valence-electron chi connectivity index (χ0n) is 17.7. The van der Waals surface area contributed by atoms with E-state index in [1.807, 2.05) is 31.2 Å². The number of ether oxygens (including phenoxy) is 1. The first kappa shape index (κ1) is 22.7. The summed E-state index contributed by atoms with van der Waals surface area (Å²) in [6.45, 7) is 3.74. The van der Waals surface area contributed by atoms with Crippen LogP contribution in [0.3, 0.4) is 0 Å². The van der Waals surface area contributed by atoms with Gasteiger partial charge in [0.15, 0.2) is 0 Å². The van der Waals surface area contributed by atoms with Crippen molar-refractivity contribution in [2.24, 2.45) is 0 Å². The lowest BCUT2D eigenvalue weighted by molar-refractivity contribution is -0.118. The molecule has 1 saturated heterocycles. The van der Waals surface area contributed by atoms with E-state index >= 15 is 0 Å². The van der Waals surface area contributed by atoms with Crippen molar-refractivity contribution in [3.05, 3.63) is 59.8 Å². The Morgan fingerprint density at radius 3 is 2.41 bits per heavy atom. The summed E-state index contributed by atoms with van der Waals surface area (Å²) < 4.78 is 32.0. The van der Waals surface area contributed by atoms with Crippen LogP contribution >= 0.6 is 11.8 Å². The SMILES string of the molecule is Cc1nc2ccccc2nc1SCC(=O)NCc1ccc(S(=O)(=O)N2CCOCC2)cc1. The fourth-order valence-corrected chi connectivity index (χ4v) is 5.50. The number of nitrogens with zero attached hydrogens (tertiary/aromatic N) is 3. The van der Waals surface area contributed by atoms with Gasteiger partial charge in [0.1, 0.15) is 5.03 Å². The van der Waals surface area contributed by atoms with Gasteiger partial charge in [0, 0.05) is 19.6 Å². The number of fused-ring (bicyclic) bond motifs is 1. The van der Waals surface area contributed by atoms with Crippen LogP contribution in [0.4, 0.5) is 0 Å². The van der Waals surface area contributed by atoms with Crippen LogP contribution in [0, 0.1) is 6.92 Å². The minimum Gasteiger partial charge on any atom is -0.379 e. The average Bonchev–Trinajstić information content (AvgIpc) is 2.82. The molecule has 0 aliphatic carbocycles. The Kier molecular flexibility index (Phi) is 7.04. The molecule has 1 fully saturated rings. The summed E-state index contributed by atoms with van der Waals surface area (Å²) >= 11 is 1.35. The number of aromatic nitrogens is 2. The quantitative estimate of drug-likeness (QED) is 0.527. The van der Waals surface area contributed by atoms with E-state index in [0.29, 0.717) is 32.8 Å². The number of nitrogens with one attached hydrogen (secondary N) is 1. The molecule has 8 nitrogen and oxygen atoms in total. The third kappa shape index (κ3) is 5.26. The van der Waals surface area contributed by atoms with E-state index in [1.54, 1.807) is 24.3 Å². The predicted octanol–water partition coefficient (Wildman–Crippen LogP) is 2.37. The van der Waals surface area contributed by atoms with E-state index in [0.717, 1.165) is 27.3 Å². The monoisotopic (exact) mass is 472 g/mol. The third-order valence-electron chi connectivity index (χ3n) is 5.06. The molecule has 1 aliphatic rings. The minimum absolute atomic E-state index is 0.130. The van der Waals surface area contributed by atoms with Crippen molar-refractivity contribution in [1.29, 1.82) is 0 Å². The fraction of sp³-hybridized carbons (Fsp3) is 0.318. The van der Waals surface area contributed by atoms with Crippen LogP contribution in [0.5, 0.6) is 0 Å². The van der Waals surface area contributed by atoms with E-state index < -0.39 is 10.0 Å². The molecule has 32 heavy (non-hydrogen) atoms. The standard InChI is InChI=1S/C22H24N4O4S2/c1-16-22(25-20-5-3-2-4-19(20)24-16)31-15-21(27)23-14-17-6-8-18(9-7-17)32(28,29)26-10-12-30-13-11-26/h2-9H,10-15H2,1H3,(H,23,27). The summed E-state index contributed by atoms with van der Waals surface area (Å²) in [4.78, 5) is 21.7. The van der Waals surface area contributed by atoms with E-state index in [9.17, 15) is 13.2 Å². The molecule has 0 spiro atoms. The number of aryl methyl sites for hydroxylation is 1. The maximum absolute atomic E-state index is 12.7. The number of hydrogen-bond donors (Lipinski definition) is 1. The summed E-state index contributed by atoms with van der Waals surface area (Å²) in [6.07, 6.45) is 0. The minimum atomic E-state index is -3.52. The molecule has 1 aromatic heterocycles. The van der Waals surface area contributed by atoms with Crippen molar-refractivity contribution < 1.29 is 17.9 Å². The van der Waals surface area contributed by atoms with Gasteiger partial charge in [-0.2, -0.15) is 4.31 Å². The van der Waals surface area contributed by atoms with Gasteiger partial charge in [-0.25, -0.2) is 18.4 Å². The second-order valence-corrected chi connectivity index (χ2v) is 10.2. The number of hydrogen-bond acceptors (Lipinski definition) is 7. The van der Waals surface area contributed by atoms with Crippen molar-refractivity contribution >= 4 is 38.7 Å². The number of benzene rings is 2. The summed E-state index contributed by atoms with van der Waals surface area (Å²) in [7, 11) is -3.52. The summed E-state index contributed by atoms with van der Waals surface area (Å²) in [5.41, 5.74) is 3.25. The number of amides is 1. The van der Waals surface area contributed by atoms with Gasteiger partial charge >= 0.3 is 0 Å². The summed E-state index contributed by atoms with van der Waals surface area (Å²) in [5, 5.41) is 3.60. The van der Waals surface area contributed by atoms with Crippen molar-refractivity contribution in [3.8, 4) is 0 Å². The second kappa shape index (κ2) is 9.95. The Balaban J connectivity index is 1.31. The van der Waals surface area contributed by atoms with Crippen LogP contribution in [-0.2, 0) is 26.1 Å². The average molecular weight is 473 g/mol. The first-order valence-corrected chi connectivity index (χ1v) is 12.7. The number of rotatable bonds is 7. The fourth-order valence-electron chi connectivity index (χ4n) is 3.31. The lowest BCUT2D eigenvalue weighted by atomic mass is 10.2. The zero-order chi connectivity index (χ0) is 22.6. The van der Waals surface area contributed by atoms with Crippen molar-refractivity contribution in [2.75, 3.05) is 32.1 Å². The lowest BCUT2D eigenvalue weighted by Gasteiger charge is -2.26. The highest BCUT2D eigenvalue weighted by molar-refractivity contribution is 7.99. The van der Waals surface area contributed by atoms with E-state index in [2.05, 4.69) is 15.3 Å². The van der Waals surface area contributed by atoms with Crippen molar-refractivity contribution in [1.82, 2.24) is 19.6 Å². The molecule has 3 aromatic rings. The normalized spacial score (nSPS) is 15.0. The highest BCUT2D eigenvalue weighted by Gasteiger charge is 2.26. The number of morpholine rings is 1. The number of para-hydroxylation sites is 2. The van der Waals surface area contributed by atoms with Gasteiger partial charge in [-0.15, -0.1) is 0 Å². The maximum Gasteiger partial charge on any atom is 0.243 e. The van der Waals surface area contributed by atoms with E-state index in [1.165, 1.54) is 16.1 Å². The molecule has 0 unspecified atom stereocenters. The van der Waals surface area contributed by atoms with Crippen molar-refractivity contribution in [3.63, 3.8) is 0 Å². The van der Waals surface area contributed by atoms with Crippen LogP contribution in [0.15, 0.2) is 58.5 Å². The molecule has 1 aliphatic heterocycles. The number of sulfonamides is 1. The van der Waals surface area contributed by atoms with Crippen LogP contribution in [0.1, 0.15) is 11.3 Å². The van der Waals surface area contributed by atoms with E-state index in [-0.39, 0.29) is 16.6 Å². The molecule has 0 saturated carbocycles. The molecule has 1 N–H and O–H groups in total. The van der Waals surface area contributed by atoms with Gasteiger partial charge in [0.2, 0.25) is 15.9 Å². The highest BCUT2D eigenvalue weighted by atomic mass is 32.2. The predicted molar refractivity (Wildman–Crippen MR) is 123 cm³/mol. The third-order valence-corrected chi connectivity index (χ3v) is 8.04. The molecule has 2 heterocycles. The van der Waals surface area contributed by atoms with Crippen LogP contribution < -0.4 is 5.32 Å². The Hall–Kier alpha value is -2.53. The Bertz CT molecular complexity index is 1210. The molecule has 0 bridgehead atoms. The Morgan fingerprint density at radius 1 is 1.06 bits per heavy atom. The molecular formula is C22H24N4O4S2. The molecule has 4 rings (SSSR count). The number of carbonyl (C=O) groups is 1. The Morgan fingerprint density at radius 2 is 1.72 bits per heavy atom. The number of carbonyl (C=O) groups excluding carboxylic acids is 1. The molecule has 2 aromatic carbocycles. The molecule has 10 heteroatoms. The molecule has 1 amide bonds. The van der Waals surface area contributed by atoms with E-state index in [4.69, 9.17) is 4.74 Å². The maximum atomic E-state index is 12.7. The highest BCUT2D eigenvalue weighted by Crippen LogP contribution is 2.22. The largest absolute Gasteiger partial charge is 0.379 e. The van der Waals surface area contributed by atoms with Crippen molar-refractivity contribution in [2.45, 2.75) is 23.4 Å². The van der Waals surface area contributed by atoms with Gasteiger partial charge in [-0.3, -0.25) is 4.79 Å². The van der Waals surface area contributed by atoms with Crippen LogP contribution in [-0.4, -0.2) is 60.7 Å². The summed E-state index contributed by atoms with van der Waals surface area (Å²) in [5.74, 6) is 0.0894. The van der Waals surface area contributed by atoms with Crippen LogP contribution in [0.25, 0.3) is 11.0 Å². The van der Waals surface area contributed by atoms with Gasteiger partial charge in [-0.1, -0.05) is 36.0 Å². The number of thioether (sulfide) groups is 1. The summed E-state index contributed by atoms with van der Waals surface area (Å²) in [6, 6.07) is 14.2. The Labute approximate surface area is 191 Å². The first-order valence-electron chi connectivity index (χ1n) is 10.2. The van der Waals surface area contributed by atoms with Crippen LogP contribution in [0.2, 0.25) is 0 Å².